The van der Waals surface area contributed by atoms with E-state index in [0.29, 0.717) is 17.4 Å². The van der Waals surface area contributed by atoms with Crippen LogP contribution in [0.5, 0.6) is 0 Å². The molecule has 0 amide bonds. The van der Waals surface area contributed by atoms with E-state index in [-0.39, 0.29) is 39.1 Å². The molecule has 5 atom stereocenters. The van der Waals surface area contributed by atoms with Gasteiger partial charge in [0.05, 0.1) is 21.5 Å². The lowest BCUT2D eigenvalue weighted by Crippen LogP contribution is -2.35. The van der Waals surface area contributed by atoms with E-state index in [9.17, 15) is 20.2 Å². The molecular formula is C20H19N3O4. The summed E-state index contributed by atoms with van der Waals surface area (Å²) in [6.07, 6.45) is 3.38. The molecule has 0 spiro atoms. The Labute approximate surface area is 155 Å². The van der Waals surface area contributed by atoms with Crippen LogP contribution in [0.3, 0.4) is 0 Å². The average molecular weight is 365 g/mol. The Hall–Kier alpha value is -2.96. The van der Waals surface area contributed by atoms with Crippen LogP contribution in [0.2, 0.25) is 0 Å². The molecule has 2 fully saturated rings. The maximum Gasteiger partial charge on any atom is 0.274 e. The van der Waals surface area contributed by atoms with Crippen LogP contribution in [0.25, 0.3) is 0 Å². The van der Waals surface area contributed by atoms with E-state index in [0.717, 1.165) is 30.5 Å². The summed E-state index contributed by atoms with van der Waals surface area (Å²) in [7, 11) is 0. The van der Waals surface area contributed by atoms with Gasteiger partial charge in [-0.15, -0.1) is 0 Å². The minimum atomic E-state index is -0.351. The second kappa shape index (κ2) is 5.77. The molecule has 27 heavy (non-hydrogen) atoms. The molecule has 2 aliphatic carbocycles. The first-order valence-corrected chi connectivity index (χ1v) is 9.33. The molecule has 0 saturated heterocycles. The third-order valence-corrected chi connectivity index (χ3v) is 6.75. The molecule has 3 aliphatic rings. The predicted molar refractivity (Wildman–Crippen MR) is 99.6 cm³/mol. The second-order valence-corrected chi connectivity index (χ2v) is 7.90. The maximum absolute atomic E-state index is 11.6. The second-order valence-electron chi connectivity index (χ2n) is 7.90. The molecule has 1 heterocycles. The van der Waals surface area contributed by atoms with E-state index in [1.165, 1.54) is 6.07 Å². The van der Waals surface area contributed by atoms with Crippen molar-refractivity contribution >= 4 is 17.1 Å². The topological polar surface area (TPSA) is 98.3 Å². The largest absolute Gasteiger partial charge is 0.377 e. The lowest BCUT2D eigenvalue weighted by atomic mass is 9.68. The molecule has 2 saturated carbocycles. The van der Waals surface area contributed by atoms with Crippen molar-refractivity contribution in [1.29, 1.82) is 0 Å². The normalized spacial score (nSPS) is 30.3. The first kappa shape index (κ1) is 16.2. The number of nitrogens with zero attached hydrogens (tertiary/aromatic N) is 2. The zero-order valence-corrected chi connectivity index (χ0v) is 14.6. The van der Waals surface area contributed by atoms with Crippen LogP contribution in [-0.4, -0.2) is 9.85 Å². The highest BCUT2D eigenvalue weighted by molar-refractivity contribution is 5.63. The first-order chi connectivity index (χ1) is 13.0. The van der Waals surface area contributed by atoms with Gasteiger partial charge in [0.1, 0.15) is 0 Å². The van der Waals surface area contributed by atoms with E-state index in [1.807, 2.05) is 12.1 Å². The van der Waals surface area contributed by atoms with Gasteiger partial charge in [-0.3, -0.25) is 20.2 Å². The van der Waals surface area contributed by atoms with Crippen molar-refractivity contribution in [3.63, 3.8) is 0 Å². The van der Waals surface area contributed by atoms with Crippen molar-refractivity contribution in [1.82, 2.24) is 0 Å². The number of nitrogens with one attached hydrogen (secondary N) is 1. The van der Waals surface area contributed by atoms with Gasteiger partial charge >= 0.3 is 0 Å². The van der Waals surface area contributed by atoms with Gasteiger partial charge < -0.3 is 5.32 Å². The Balaban J connectivity index is 1.66. The molecule has 7 heteroatoms. The van der Waals surface area contributed by atoms with Crippen molar-refractivity contribution in [3.8, 4) is 0 Å². The molecule has 0 unspecified atom stereocenters. The number of nitro benzene ring substituents is 2. The van der Waals surface area contributed by atoms with Crippen molar-refractivity contribution < 1.29 is 9.85 Å². The Morgan fingerprint density at radius 3 is 2.48 bits per heavy atom. The van der Waals surface area contributed by atoms with Gasteiger partial charge in [0, 0.05) is 23.9 Å². The van der Waals surface area contributed by atoms with Crippen LogP contribution in [0.4, 0.5) is 17.1 Å². The number of benzene rings is 2. The van der Waals surface area contributed by atoms with Crippen LogP contribution in [-0.2, 0) is 0 Å². The van der Waals surface area contributed by atoms with E-state index in [1.54, 1.807) is 24.3 Å². The molecule has 2 bridgehead atoms. The highest BCUT2D eigenvalue weighted by Crippen LogP contribution is 2.64. The van der Waals surface area contributed by atoms with Gasteiger partial charge in [-0.2, -0.15) is 0 Å². The predicted octanol–water partition coefficient (Wildman–Crippen LogP) is 4.80. The monoisotopic (exact) mass is 365 g/mol. The highest BCUT2D eigenvalue weighted by Gasteiger charge is 2.54. The first-order valence-electron chi connectivity index (χ1n) is 9.33. The number of nitro groups is 2. The fourth-order valence-electron chi connectivity index (χ4n) is 5.81. The summed E-state index contributed by atoms with van der Waals surface area (Å²) in [5.74, 6) is 1.47. The fraction of sp³-hybridized carbons (Fsp3) is 0.400. The summed E-state index contributed by atoms with van der Waals surface area (Å²) in [5.41, 5.74) is 2.85. The lowest BCUT2D eigenvalue weighted by Gasteiger charge is -2.43. The Morgan fingerprint density at radius 1 is 0.926 bits per heavy atom. The third-order valence-electron chi connectivity index (χ3n) is 6.75. The number of para-hydroxylation sites is 1. The number of rotatable bonds is 3. The summed E-state index contributed by atoms with van der Waals surface area (Å²) in [6.45, 7) is 0. The minimum absolute atomic E-state index is 0.112. The zero-order chi connectivity index (χ0) is 18.7. The van der Waals surface area contributed by atoms with E-state index in [4.69, 9.17) is 0 Å². The average Bonchev–Trinajstić information content (AvgIpc) is 3.29. The molecule has 2 aromatic rings. The molecule has 2 aromatic carbocycles. The van der Waals surface area contributed by atoms with Gasteiger partial charge in [0.25, 0.3) is 11.4 Å². The molecule has 7 nitrogen and oxygen atoms in total. The summed E-state index contributed by atoms with van der Waals surface area (Å²) < 4.78 is 0. The van der Waals surface area contributed by atoms with Crippen LogP contribution >= 0.6 is 0 Å². The molecule has 5 rings (SSSR count). The van der Waals surface area contributed by atoms with Crippen molar-refractivity contribution in [2.45, 2.75) is 31.2 Å². The number of hydrogen-bond acceptors (Lipinski definition) is 5. The molecule has 138 valence electrons. The Morgan fingerprint density at radius 2 is 1.70 bits per heavy atom. The summed E-state index contributed by atoms with van der Waals surface area (Å²) in [4.78, 5) is 22.2. The van der Waals surface area contributed by atoms with Crippen molar-refractivity contribution in [2.24, 2.45) is 17.8 Å². The third kappa shape index (κ3) is 2.34. The van der Waals surface area contributed by atoms with Gasteiger partial charge in [-0.25, -0.2) is 0 Å². The highest BCUT2D eigenvalue weighted by atomic mass is 16.6. The SMILES string of the molecule is O=[N+]([O-])c1ccc2c(c1)[C@@H]1[C@H]3CC[C@@H](C3)[C@H]1[C@H](c1ccccc1[N+](=O)[O-])N2. The quantitative estimate of drug-likeness (QED) is 0.622. The van der Waals surface area contributed by atoms with Crippen LogP contribution < -0.4 is 5.32 Å². The molecule has 1 aliphatic heterocycles. The standard InChI is InChI=1S/C20H19N3O4/c24-22(25)13-7-8-16-15(10-13)18-11-5-6-12(9-11)19(18)20(21-16)14-3-1-2-4-17(14)23(26)27/h1-4,7-8,10-12,18-21H,5-6,9H2/t11-,12-,18-,19+,20-/m0/s1. The molecule has 0 aromatic heterocycles. The van der Waals surface area contributed by atoms with E-state index >= 15 is 0 Å². The fourth-order valence-corrected chi connectivity index (χ4v) is 5.81. The molecule has 1 N–H and O–H groups in total. The molecular weight excluding hydrogens is 346 g/mol. The number of anilines is 1. The number of non-ortho nitro benzene ring substituents is 1. The van der Waals surface area contributed by atoms with Crippen LogP contribution in [0.1, 0.15) is 42.3 Å². The van der Waals surface area contributed by atoms with Crippen molar-refractivity contribution in [3.05, 3.63) is 73.8 Å². The number of hydrogen-bond donors (Lipinski definition) is 1. The zero-order valence-electron chi connectivity index (χ0n) is 14.6. The van der Waals surface area contributed by atoms with E-state index < -0.39 is 0 Å². The van der Waals surface area contributed by atoms with Gasteiger partial charge in [-0.1, -0.05) is 18.2 Å². The van der Waals surface area contributed by atoms with Crippen LogP contribution in [0.15, 0.2) is 42.5 Å². The van der Waals surface area contributed by atoms with Crippen LogP contribution in [0, 0.1) is 38.0 Å². The minimum Gasteiger partial charge on any atom is -0.377 e. The molecule has 0 radical (unpaired) electrons. The van der Waals surface area contributed by atoms with Crippen molar-refractivity contribution in [2.75, 3.05) is 5.32 Å². The summed E-state index contributed by atoms with van der Waals surface area (Å²) in [5, 5.41) is 26.3. The summed E-state index contributed by atoms with van der Waals surface area (Å²) in [6, 6.07) is 11.8. The van der Waals surface area contributed by atoms with Gasteiger partial charge in [0.15, 0.2) is 0 Å². The Bertz CT molecular complexity index is 960. The maximum atomic E-state index is 11.6. The lowest BCUT2D eigenvalue weighted by molar-refractivity contribution is -0.385. The Kier molecular flexibility index (Phi) is 3.47. The van der Waals surface area contributed by atoms with Gasteiger partial charge in [-0.05, 0) is 54.6 Å². The van der Waals surface area contributed by atoms with E-state index in [2.05, 4.69) is 5.32 Å². The smallest absolute Gasteiger partial charge is 0.274 e. The summed E-state index contributed by atoms with van der Waals surface area (Å²) >= 11 is 0. The van der Waals surface area contributed by atoms with Gasteiger partial charge in [0.2, 0.25) is 0 Å². The number of fused-ring (bicyclic) bond motifs is 7.